The molecule has 2 unspecified atom stereocenters. The van der Waals surface area contributed by atoms with Gasteiger partial charge in [0, 0.05) is 56.7 Å². The van der Waals surface area contributed by atoms with Crippen molar-refractivity contribution in [2.45, 2.75) is 143 Å². The number of unbranched alkanes of at least 4 members (excludes halogenated alkanes) is 8. The summed E-state index contributed by atoms with van der Waals surface area (Å²) in [6.45, 7) is 10.6. The van der Waals surface area contributed by atoms with Gasteiger partial charge in [0.15, 0.2) is 6.10 Å². The molecule has 0 saturated heterocycles. The SMILES string of the molecule is CCCCCCCC(=O)OCC(COC(=O)CCCCCCC)OC(=O)CC(C)CC(=O)OCOC(=O)n1c(Br)c2c3c(cccc31)C1=C[C@@H](C(=O)N(CC)CC)CN(C)C1C2. The van der Waals surface area contributed by atoms with E-state index < -0.39 is 48.8 Å². The molecule has 0 N–H and O–H groups in total. The molecule has 2 aromatic rings. The normalized spacial score (nSPS) is 16.3. The Morgan fingerprint density at radius 3 is 1.97 bits per heavy atom. The molecule has 0 radical (unpaired) electrons. The number of aromatic nitrogens is 1. The Morgan fingerprint density at radius 2 is 1.37 bits per heavy atom. The summed E-state index contributed by atoms with van der Waals surface area (Å²) in [6.07, 6.45) is 10.9. The van der Waals surface area contributed by atoms with Gasteiger partial charge < -0.3 is 28.6 Å². The number of fused-ring (bicyclic) bond motifs is 2. The summed E-state index contributed by atoms with van der Waals surface area (Å²) < 4.78 is 29.0. The highest BCUT2D eigenvalue weighted by Crippen LogP contribution is 2.45. The Bertz CT molecular complexity index is 1840. The zero-order valence-electron chi connectivity index (χ0n) is 37.7. The van der Waals surface area contributed by atoms with E-state index in [1.54, 1.807) is 6.92 Å². The minimum atomic E-state index is -1.00. The molecule has 0 spiro atoms. The molecule has 62 heavy (non-hydrogen) atoms. The van der Waals surface area contributed by atoms with Gasteiger partial charge in [-0.15, -0.1) is 0 Å². The molecule has 1 aliphatic heterocycles. The highest BCUT2D eigenvalue weighted by atomic mass is 79.9. The lowest BCUT2D eigenvalue weighted by Gasteiger charge is -2.40. The molecule has 2 aliphatic rings. The van der Waals surface area contributed by atoms with Crippen molar-refractivity contribution in [1.29, 1.82) is 0 Å². The van der Waals surface area contributed by atoms with Gasteiger partial charge in [-0.1, -0.05) is 90.3 Å². The van der Waals surface area contributed by atoms with Gasteiger partial charge in [0.05, 0.1) is 16.0 Å². The van der Waals surface area contributed by atoms with E-state index in [2.05, 4.69) is 40.8 Å². The standard InChI is InChI=1S/C47H68BrN3O11/c1-7-11-13-15-17-22-40(52)58-29-34(30-59-41(53)23-18-16-14-12-8-2)62-43(55)25-32(5)24-42(54)60-31-61-47(57)51-38-21-19-20-35-36-26-33(46(56)50(9-3)10-4)28-49(6)39(36)27-37(44(35)38)45(51)48/h19-21,26,32-34,39H,7-18,22-25,27-31H2,1-6H3/t32?,33-,39?/m1/s1. The van der Waals surface area contributed by atoms with Gasteiger partial charge in [-0.3, -0.25) is 28.9 Å². The summed E-state index contributed by atoms with van der Waals surface area (Å²) in [5, 5.41) is 0.898. The number of rotatable bonds is 26. The summed E-state index contributed by atoms with van der Waals surface area (Å²) in [7, 11) is 2.02. The van der Waals surface area contributed by atoms with Crippen LogP contribution in [0, 0.1) is 11.8 Å². The van der Waals surface area contributed by atoms with Crippen LogP contribution in [0.3, 0.4) is 0 Å². The monoisotopic (exact) mass is 929 g/mol. The van der Waals surface area contributed by atoms with Gasteiger partial charge in [0.25, 0.3) is 0 Å². The average Bonchev–Trinajstić information content (AvgIpc) is 3.53. The Hall–Kier alpha value is -4.24. The number of carbonyl (C=O) groups is 6. The molecular formula is C47H68BrN3O11. The van der Waals surface area contributed by atoms with E-state index in [-0.39, 0.29) is 56.8 Å². The smallest absolute Gasteiger partial charge is 0.422 e. The van der Waals surface area contributed by atoms with Gasteiger partial charge in [-0.05, 0) is 84.8 Å². The number of hydrogen-bond acceptors (Lipinski definition) is 12. The number of carbonyl (C=O) groups excluding carboxylic acids is 6. The van der Waals surface area contributed by atoms with Gasteiger partial charge in [-0.2, -0.15) is 0 Å². The number of hydrogen-bond donors (Lipinski definition) is 0. The van der Waals surface area contributed by atoms with E-state index in [0.717, 1.165) is 73.5 Å². The predicted molar refractivity (Wildman–Crippen MR) is 239 cm³/mol. The number of amides is 1. The Balaban J connectivity index is 1.30. The van der Waals surface area contributed by atoms with Crippen molar-refractivity contribution in [3.63, 3.8) is 0 Å². The van der Waals surface area contributed by atoms with Crippen LogP contribution >= 0.6 is 15.9 Å². The number of halogens is 1. The number of benzene rings is 1. The lowest BCUT2D eigenvalue weighted by atomic mass is 9.79. The van der Waals surface area contributed by atoms with Crippen molar-refractivity contribution in [3.05, 3.63) is 40.0 Å². The molecule has 0 bridgehead atoms. The van der Waals surface area contributed by atoms with E-state index >= 15 is 0 Å². The van der Waals surface area contributed by atoms with Gasteiger partial charge in [0.1, 0.15) is 13.2 Å². The second kappa shape index (κ2) is 25.8. The predicted octanol–water partition coefficient (Wildman–Crippen LogP) is 8.76. The van der Waals surface area contributed by atoms with Crippen molar-refractivity contribution in [1.82, 2.24) is 14.4 Å². The fourth-order valence-corrected chi connectivity index (χ4v) is 8.91. The van der Waals surface area contributed by atoms with Crippen molar-refractivity contribution in [2.24, 2.45) is 11.8 Å². The third-order valence-electron chi connectivity index (χ3n) is 11.6. The first-order valence-corrected chi connectivity index (χ1v) is 23.5. The number of ether oxygens (including phenoxy) is 5. The van der Waals surface area contributed by atoms with Crippen LogP contribution in [0.15, 0.2) is 28.9 Å². The molecule has 14 nitrogen and oxygen atoms in total. The molecular weight excluding hydrogens is 862 g/mol. The Labute approximate surface area is 375 Å². The maximum Gasteiger partial charge on any atom is 0.422 e. The molecule has 1 aromatic heterocycles. The third kappa shape index (κ3) is 14.4. The van der Waals surface area contributed by atoms with Crippen LogP contribution in [0.2, 0.25) is 0 Å². The van der Waals surface area contributed by atoms with Crippen LogP contribution in [0.5, 0.6) is 0 Å². The van der Waals surface area contributed by atoms with Gasteiger partial charge in [-0.25, -0.2) is 9.36 Å². The minimum absolute atomic E-state index is 0.0167. The molecule has 15 heteroatoms. The van der Waals surface area contributed by atoms with E-state index in [1.165, 1.54) is 4.57 Å². The van der Waals surface area contributed by atoms with Crippen LogP contribution < -0.4 is 0 Å². The van der Waals surface area contributed by atoms with E-state index in [4.69, 9.17) is 23.7 Å². The lowest BCUT2D eigenvalue weighted by Crippen LogP contribution is -2.47. The first kappa shape index (κ1) is 50.4. The van der Waals surface area contributed by atoms with Crippen molar-refractivity contribution in [3.8, 4) is 0 Å². The van der Waals surface area contributed by atoms with Crippen LogP contribution in [-0.2, 0) is 54.1 Å². The molecule has 1 amide bonds. The summed E-state index contributed by atoms with van der Waals surface area (Å²) >= 11 is 3.66. The first-order chi connectivity index (χ1) is 29.8. The lowest BCUT2D eigenvalue weighted by molar-refractivity contribution is -0.168. The molecule has 1 aliphatic carbocycles. The second-order valence-electron chi connectivity index (χ2n) is 16.6. The molecule has 0 fully saturated rings. The van der Waals surface area contributed by atoms with E-state index in [1.807, 2.05) is 44.0 Å². The topological polar surface area (TPSA) is 160 Å². The van der Waals surface area contributed by atoms with Crippen molar-refractivity contribution in [2.75, 3.05) is 46.7 Å². The molecule has 1 aromatic carbocycles. The molecule has 344 valence electrons. The molecule has 3 atom stereocenters. The minimum Gasteiger partial charge on any atom is -0.462 e. The van der Waals surface area contributed by atoms with Crippen LogP contribution in [0.1, 0.15) is 136 Å². The fraction of sp³-hybridized carbons (Fsp3) is 0.660. The zero-order valence-corrected chi connectivity index (χ0v) is 39.3. The Kier molecular flexibility index (Phi) is 20.9. The van der Waals surface area contributed by atoms with Crippen LogP contribution in [0.4, 0.5) is 4.79 Å². The largest absolute Gasteiger partial charge is 0.462 e. The van der Waals surface area contributed by atoms with Gasteiger partial charge in [0.2, 0.25) is 12.7 Å². The van der Waals surface area contributed by atoms with E-state index in [0.29, 0.717) is 49.0 Å². The number of likely N-dealkylation sites (N-methyl/N-ethyl adjacent to an activating group) is 1. The van der Waals surface area contributed by atoms with Crippen LogP contribution in [-0.4, -0.2) is 109 Å². The summed E-state index contributed by atoms with van der Waals surface area (Å²) in [5.41, 5.74) is 3.59. The average molecular weight is 931 g/mol. The number of nitrogens with zero attached hydrogens (tertiary/aromatic N) is 3. The van der Waals surface area contributed by atoms with Gasteiger partial charge >= 0.3 is 30.0 Å². The number of esters is 4. The quantitative estimate of drug-likeness (QED) is 0.0383. The maximum atomic E-state index is 13.5. The molecule has 0 saturated carbocycles. The highest BCUT2D eigenvalue weighted by molar-refractivity contribution is 9.10. The summed E-state index contributed by atoms with van der Waals surface area (Å²) in [4.78, 5) is 81.5. The molecule has 4 rings (SSSR count). The first-order valence-electron chi connectivity index (χ1n) is 22.7. The highest BCUT2D eigenvalue weighted by Gasteiger charge is 2.39. The summed E-state index contributed by atoms with van der Waals surface area (Å²) in [5.74, 6) is -2.85. The fourth-order valence-electron chi connectivity index (χ4n) is 8.22. The zero-order chi connectivity index (χ0) is 45.2. The summed E-state index contributed by atoms with van der Waals surface area (Å²) in [6, 6.07) is 5.73. The van der Waals surface area contributed by atoms with Crippen LogP contribution in [0.25, 0.3) is 16.5 Å². The van der Waals surface area contributed by atoms with E-state index in [9.17, 15) is 28.8 Å². The maximum absolute atomic E-state index is 13.5. The van der Waals surface area contributed by atoms with Crippen molar-refractivity contribution < 1.29 is 52.5 Å². The molecule has 2 heterocycles. The second-order valence-corrected chi connectivity index (χ2v) is 17.3. The van der Waals surface area contributed by atoms with Crippen molar-refractivity contribution >= 4 is 68.3 Å². The third-order valence-corrected chi connectivity index (χ3v) is 12.5. The Morgan fingerprint density at radius 1 is 0.774 bits per heavy atom.